The molecule has 4 rings (SSSR count). The third-order valence-electron chi connectivity index (χ3n) is 5.03. The lowest BCUT2D eigenvalue weighted by Crippen LogP contribution is -2.29. The minimum atomic E-state index is -0.318. The SMILES string of the molecule is CSc1ccc([C@@H]2Nc3ccc([N+](=O)[O-])cc3[C@@H]3C=CC[C@@H]32)cc1. The second kappa shape index (κ2) is 5.98. The predicted molar refractivity (Wildman–Crippen MR) is 97.7 cm³/mol. The maximum Gasteiger partial charge on any atom is 0.269 e. The van der Waals surface area contributed by atoms with Crippen LogP contribution in [0.1, 0.15) is 29.5 Å². The maximum atomic E-state index is 11.1. The van der Waals surface area contributed by atoms with Crippen molar-refractivity contribution in [3.63, 3.8) is 0 Å². The number of fused-ring (bicyclic) bond motifs is 3. The number of allylic oxidation sites excluding steroid dienone is 2. The molecule has 2 aliphatic rings. The Kier molecular flexibility index (Phi) is 3.81. The van der Waals surface area contributed by atoms with Gasteiger partial charge in [-0.2, -0.15) is 0 Å². The van der Waals surface area contributed by atoms with E-state index in [9.17, 15) is 10.1 Å². The molecule has 122 valence electrons. The molecule has 24 heavy (non-hydrogen) atoms. The standard InChI is InChI=1S/C19H18N2O2S/c1-24-14-8-5-12(6-9-14)19-16-4-2-3-15(16)17-11-13(21(22)23)7-10-18(17)20-19/h2-3,5-11,15-16,19-20H,4H2,1H3/t15-,16+,19+/m1/s1. The summed E-state index contributed by atoms with van der Waals surface area (Å²) in [5.74, 6) is 0.644. The van der Waals surface area contributed by atoms with Gasteiger partial charge in [0.15, 0.2) is 0 Å². The zero-order valence-corrected chi connectivity index (χ0v) is 14.1. The van der Waals surface area contributed by atoms with Crippen molar-refractivity contribution in [1.82, 2.24) is 0 Å². The van der Waals surface area contributed by atoms with Crippen molar-refractivity contribution >= 4 is 23.1 Å². The Bertz CT molecular complexity index is 817. The monoisotopic (exact) mass is 338 g/mol. The predicted octanol–water partition coefficient (Wildman–Crippen LogP) is 5.14. The average Bonchev–Trinajstić information content (AvgIpc) is 3.10. The Hall–Kier alpha value is -2.27. The number of hydrogen-bond donors (Lipinski definition) is 1. The Morgan fingerprint density at radius 2 is 2.00 bits per heavy atom. The Morgan fingerprint density at radius 1 is 1.21 bits per heavy atom. The molecule has 1 aliphatic carbocycles. The van der Waals surface area contributed by atoms with E-state index in [0.717, 1.165) is 17.7 Å². The number of nitrogens with zero attached hydrogens (tertiary/aromatic N) is 1. The molecule has 0 saturated heterocycles. The molecule has 0 spiro atoms. The van der Waals surface area contributed by atoms with Gasteiger partial charge in [-0.3, -0.25) is 10.1 Å². The summed E-state index contributed by atoms with van der Waals surface area (Å²) >= 11 is 1.74. The molecule has 1 N–H and O–H groups in total. The van der Waals surface area contributed by atoms with Crippen LogP contribution in [0.3, 0.4) is 0 Å². The summed E-state index contributed by atoms with van der Waals surface area (Å²) in [4.78, 5) is 12.0. The van der Waals surface area contributed by atoms with Crippen molar-refractivity contribution in [3.8, 4) is 0 Å². The third kappa shape index (κ3) is 2.49. The van der Waals surface area contributed by atoms with Crippen molar-refractivity contribution in [2.24, 2.45) is 5.92 Å². The van der Waals surface area contributed by atoms with E-state index in [0.29, 0.717) is 5.92 Å². The third-order valence-corrected chi connectivity index (χ3v) is 5.78. The molecule has 0 unspecified atom stereocenters. The molecule has 4 nitrogen and oxygen atoms in total. The molecule has 0 amide bonds. The summed E-state index contributed by atoms with van der Waals surface area (Å²) in [6.07, 6.45) is 7.48. The number of rotatable bonds is 3. The Balaban J connectivity index is 1.73. The fourth-order valence-electron chi connectivity index (χ4n) is 3.84. The van der Waals surface area contributed by atoms with Crippen LogP contribution < -0.4 is 5.32 Å². The van der Waals surface area contributed by atoms with Gasteiger partial charge in [0.2, 0.25) is 0 Å². The number of hydrogen-bond acceptors (Lipinski definition) is 4. The number of nitrogens with one attached hydrogen (secondary N) is 1. The Morgan fingerprint density at radius 3 is 2.71 bits per heavy atom. The first kappa shape index (κ1) is 15.3. The lowest BCUT2D eigenvalue weighted by atomic mass is 9.77. The highest BCUT2D eigenvalue weighted by Crippen LogP contribution is 2.50. The molecule has 0 aromatic heterocycles. The molecule has 0 radical (unpaired) electrons. The molecule has 1 aliphatic heterocycles. The van der Waals surface area contributed by atoms with Crippen molar-refractivity contribution in [2.45, 2.75) is 23.3 Å². The minimum absolute atomic E-state index is 0.164. The van der Waals surface area contributed by atoms with Gasteiger partial charge in [0.05, 0.1) is 11.0 Å². The highest BCUT2D eigenvalue weighted by atomic mass is 32.2. The van der Waals surface area contributed by atoms with Crippen molar-refractivity contribution in [3.05, 3.63) is 75.9 Å². The maximum absolute atomic E-state index is 11.1. The number of benzene rings is 2. The molecule has 1 heterocycles. The van der Waals surface area contributed by atoms with E-state index in [1.54, 1.807) is 23.9 Å². The van der Waals surface area contributed by atoms with Gasteiger partial charge >= 0.3 is 0 Å². The molecular formula is C19H18N2O2S. The zero-order valence-electron chi connectivity index (χ0n) is 13.3. The van der Waals surface area contributed by atoms with Gasteiger partial charge in [0.25, 0.3) is 5.69 Å². The van der Waals surface area contributed by atoms with E-state index in [-0.39, 0.29) is 22.6 Å². The van der Waals surface area contributed by atoms with E-state index in [1.165, 1.54) is 10.5 Å². The topological polar surface area (TPSA) is 55.2 Å². The van der Waals surface area contributed by atoms with Crippen LogP contribution in [0.2, 0.25) is 0 Å². The quantitative estimate of drug-likeness (QED) is 0.364. The summed E-state index contributed by atoms with van der Waals surface area (Å²) in [6, 6.07) is 14.1. The number of nitro groups is 1. The summed E-state index contributed by atoms with van der Waals surface area (Å²) in [7, 11) is 0. The fraction of sp³-hybridized carbons (Fsp3) is 0.263. The van der Waals surface area contributed by atoms with Gasteiger partial charge in [0, 0.05) is 28.6 Å². The van der Waals surface area contributed by atoms with Gasteiger partial charge < -0.3 is 5.32 Å². The summed E-state index contributed by atoms with van der Waals surface area (Å²) in [6.45, 7) is 0. The van der Waals surface area contributed by atoms with E-state index in [1.807, 2.05) is 6.07 Å². The summed E-state index contributed by atoms with van der Waals surface area (Å²) < 4.78 is 0. The van der Waals surface area contributed by atoms with E-state index >= 15 is 0 Å². The van der Waals surface area contributed by atoms with Crippen LogP contribution in [0.25, 0.3) is 0 Å². The second-order valence-corrected chi connectivity index (χ2v) is 7.16. The molecule has 0 bridgehead atoms. The van der Waals surface area contributed by atoms with Crippen LogP contribution in [0.5, 0.6) is 0 Å². The summed E-state index contributed by atoms with van der Waals surface area (Å²) in [5, 5.41) is 14.7. The van der Waals surface area contributed by atoms with Crippen LogP contribution in [-0.4, -0.2) is 11.2 Å². The van der Waals surface area contributed by atoms with Crippen LogP contribution in [0.4, 0.5) is 11.4 Å². The van der Waals surface area contributed by atoms with Gasteiger partial charge in [0.1, 0.15) is 0 Å². The normalized spacial score (nSPS) is 24.1. The molecule has 0 saturated carbocycles. The minimum Gasteiger partial charge on any atom is -0.378 e. The van der Waals surface area contributed by atoms with Crippen LogP contribution in [-0.2, 0) is 0 Å². The second-order valence-electron chi connectivity index (χ2n) is 6.28. The number of non-ortho nitro benzene ring substituents is 1. The van der Waals surface area contributed by atoms with Crippen LogP contribution >= 0.6 is 11.8 Å². The first-order chi connectivity index (χ1) is 11.7. The largest absolute Gasteiger partial charge is 0.378 e. The van der Waals surface area contributed by atoms with Gasteiger partial charge in [-0.1, -0.05) is 24.3 Å². The van der Waals surface area contributed by atoms with E-state index in [2.05, 4.69) is 48.0 Å². The van der Waals surface area contributed by atoms with Gasteiger partial charge in [-0.15, -0.1) is 11.8 Å². The molecule has 2 aromatic carbocycles. The highest BCUT2D eigenvalue weighted by molar-refractivity contribution is 7.98. The van der Waals surface area contributed by atoms with Gasteiger partial charge in [-0.05, 0) is 47.9 Å². The highest BCUT2D eigenvalue weighted by Gasteiger charge is 2.38. The summed E-state index contributed by atoms with van der Waals surface area (Å²) in [5.41, 5.74) is 3.49. The van der Waals surface area contributed by atoms with Crippen molar-refractivity contribution in [2.75, 3.05) is 11.6 Å². The molecular weight excluding hydrogens is 320 g/mol. The van der Waals surface area contributed by atoms with Crippen molar-refractivity contribution in [1.29, 1.82) is 0 Å². The number of thioether (sulfide) groups is 1. The smallest absolute Gasteiger partial charge is 0.269 e. The fourth-order valence-corrected chi connectivity index (χ4v) is 4.24. The number of nitro benzene ring substituents is 1. The van der Waals surface area contributed by atoms with Crippen molar-refractivity contribution < 1.29 is 4.92 Å². The van der Waals surface area contributed by atoms with E-state index in [4.69, 9.17) is 0 Å². The molecule has 0 fully saturated rings. The first-order valence-electron chi connectivity index (χ1n) is 8.03. The zero-order chi connectivity index (χ0) is 16.7. The van der Waals surface area contributed by atoms with Crippen LogP contribution in [0.15, 0.2) is 59.5 Å². The van der Waals surface area contributed by atoms with Crippen LogP contribution in [0, 0.1) is 16.0 Å². The Labute approximate surface area is 145 Å². The first-order valence-corrected chi connectivity index (χ1v) is 9.25. The van der Waals surface area contributed by atoms with Gasteiger partial charge in [-0.25, -0.2) is 0 Å². The van der Waals surface area contributed by atoms with E-state index < -0.39 is 0 Å². The average molecular weight is 338 g/mol. The molecule has 5 heteroatoms. The lowest BCUT2D eigenvalue weighted by molar-refractivity contribution is -0.384. The molecule has 2 aromatic rings. The molecule has 3 atom stereocenters. The lowest BCUT2D eigenvalue weighted by Gasteiger charge is -2.37. The number of anilines is 1.